The molecule has 2 aromatic rings. The van der Waals surface area contributed by atoms with E-state index in [9.17, 15) is 19.5 Å². The van der Waals surface area contributed by atoms with Crippen LogP contribution in [-0.2, 0) is 4.43 Å². The van der Waals surface area contributed by atoms with Gasteiger partial charge in [0.1, 0.15) is 10.7 Å². The van der Waals surface area contributed by atoms with Crippen molar-refractivity contribution in [2.75, 3.05) is 18.5 Å². The molecule has 1 aromatic carbocycles. The minimum atomic E-state index is -1.98. The molecule has 0 saturated carbocycles. The zero-order chi connectivity index (χ0) is 27.7. The Morgan fingerprint density at radius 2 is 2.11 bits per heavy atom. The summed E-state index contributed by atoms with van der Waals surface area (Å²) in [6, 6.07) is 1.11. The molecular weight excluding hydrogens is 606 g/mol. The van der Waals surface area contributed by atoms with E-state index in [2.05, 4.69) is 65.3 Å². The van der Waals surface area contributed by atoms with Gasteiger partial charge in [-0.25, -0.2) is 14.2 Å². The quantitative estimate of drug-likeness (QED) is 0.0721. The highest BCUT2D eigenvalue weighted by Crippen LogP contribution is 2.39. The zero-order valence-electron chi connectivity index (χ0n) is 21.4. The number of nitrogens with one attached hydrogen (secondary N) is 1. The van der Waals surface area contributed by atoms with E-state index in [1.165, 1.54) is 4.90 Å². The van der Waals surface area contributed by atoms with Crippen LogP contribution in [0, 0.1) is 5.82 Å². The minimum absolute atomic E-state index is 0.00107. The smallest absolute Gasteiger partial charge is 0.407 e. The Kier molecular flexibility index (Phi) is 9.38. The van der Waals surface area contributed by atoms with Gasteiger partial charge in [0.05, 0.1) is 27.0 Å². The number of carboxylic acid groups (broad SMARTS) is 1. The summed E-state index contributed by atoms with van der Waals surface area (Å²) in [5.74, 6) is -0.665. The molecule has 8 nitrogen and oxygen atoms in total. The number of rotatable bonds is 7. The molecule has 204 valence electrons. The predicted molar refractivity (Wildman–Crippen MR) is 152 cm³/mol. The van der Waals surface area contributed by atoms with Crippen molar-refractivity contribution in [1.82, 2.24) is 9.88 Å². The second-order valence-electron chi connectivity index (χ2n) is 10.7. The number of hydrogen-bond donors (Lipinski definition) is 3. The fourth-order valence-electron chi connectivity index (χ4n) is 4.20. The molecule has 2 atom stereocenters. The molecule has 1 saturated heterocycles. The van der Waals surface area contributed by atoms with E-state index in [1.54, 1.807) is 6.07 Å². The number of hydrogen-bond acceptors (Lipinski definition) is 6. The number of amides is 1. The standard InChI is InChI=1S/C24H32BrCl2FN4O4Si/c1-24(2,3)37(4,5)36-9-7-14-10-13(6-8-32(14)23(33)34)30-20-15-11-17(26)18(25)19(28)21(15)31-22(27)16(20)12-29-35/h11-14,35H,6-10H2,1-5H3,(H,30,31)(H,33,34)/b29-12+/t13-,14+/m0/s1. The Morgan fingerprint density at radius 1 is 1.43 bits per heavy atom. The molecule has 0 spiro atoms. The first-order valence-corrected chi connectivity index (χ1v) is 16.4. The molecule has 2 heterocycles. The van der Waals surface area contributed by atoms with E-state index in [-0.39, 0.29) is 42.9 Å². The van der Waals surface area contributed by atoms with Gasteiger partial charge in [0.2, 0.25) is 0 Å². The topological polar surface area (TPSA) is 107 Å². The maximum Gasteiger partial charge on any atom is 0.407 e. The molecule has 37 heavy (non-hydrogen) atoms. The van der Waals surface area contributed by atoms with E-state index in [0.29, 0.717) is 43.5 Å². The Morgan fingerprint density at radius 3 is 2.70 bits per heavy atom. The third-order valence-electron chi connectivity index (χ3n) is 7.32. The fraction of sp³-hybridized carbons (Fsp3) is 0.542. The molecule has 1 amide bonds. The highest BCUT2D eigenvalue weighted by Gasteiger charge is 2.38. The summed E-state index contributed by atoms with van der Waals surface area (Å²) in [6.07, 6.45) is 1.71. The lowest BCUT2D eigenvalue weighted by Crippen LogP contribution is -2.50. The summed E-state index contributed by atoms with van der Waals surface area (Å²) in [6.45, 7) is 11.6. The first-order chi connectivity index (χ1) is 17.2. The average molecular weight is 638 g/mol. The number of pyridine rings is 1. The maximum absolute atomic E-state index is 15.0. The zero-order valence-corrected chi connectivity index (χ0v) is 25.5. The molecule has 1 aromatic heterocycles. The Bertz CT molecular complexity index is 1210. The SMILES string of the molecule is CC(C)(C)[Si](C)(C)OCC[C@@H]1C[C@@H](Nc2c(/C=N/O)c(Cl)nc3c(F)c(Br)c(Cl)cc23)CCN1C(=O)O. The summed E-state index contributed by atoms with van der Waals surface area (Å²) in [4.78, 5) is 17.6. The van der Waals surface area contributed by atoms with Crippen LogP contribution in [0.3, 0.4) is 0 Å². The highest BCUT2D eigenvalue weighted by atomic mass is 79.9. The van der Waals surface area contributed by atoms with Crippen LogP contribution in [0.2, 0.25) is 28.3 Å². The molecule has 0 aliphatic carbocycles. The summed E-state index contributed by atoms with van der Waals surface area (Å²) < 4.78 is 21.4. The number of oxime groups is 1. The molecular formula is C24H32BrCl2FN4O4Si. The number of fused-ring (bicyclic) bond motifs is 1. The third-order valence-corrected chi connectivity index (χ3v) is 13.5. The van der Waals surface area contributed by atoms with Gasteiger partial charge < -0.3 is 25.0 Å². The Hall–Kier alpha value is -1.66. The molecule has 3 N–H and O–H groups in total. The van der Waals surface area contributed by atoms with Gasteiger partial charge in [-0.15, -0.1) is 0 Å². The molecule has 3 rings (SSSR count). The second-order valence-corrected chi connectivity index (χ2v) is 17.1. The van der Waals surface area contributed by atoms with Gasteiger partial charge in [0.15, 0.2) is 14.1 Å². The number of nitrogens with zero attached hydrogens (tertiary/aromatic N) is 3. The lowest BCUT2D eigenvalue weighted by atomic mass is 9.94. The molecule has 1 aliphatic rings. The van der Waals surface area contributed by atoms with Crippen LogP contribution in [0.15, 0.2) is 15.7 Å². The van der Waals surface area contributed by atoms with E-state index in [1.807, 2.05) is 0 Å². The number of aromatic nitrogens is 1. The van der Waals surface area contributed by atoms with Gasteiger partial charge in [0, 0.05) is 30.6 Å². The van der Waals surface area contributed by atoms with Crippen molar-refractivity contribution < 1.29 is 23.9 Å². The number of anilines is 1. The van der Waals surface area contributed by atoms with Gasteiger partial charge in [-0.2, -0.15) is 0 Å². The first-order valence-electron chi connectivity index (χ1n) is 11.9. The normalized spacial score (nSPS) is 19.1. The largest absolute Gasteiger partial charge is 0.465 e. The van der Waals surface area contributed by atoms with Crippen LogP contribution in [0.5, 0.6) is 0 Å². The lowest BCUT2D eigenvalue weighted by molar-refractivity contribution is 0.0924. The van der Waals surface area contributed by atoms with Crippen LogP contribution >= 0.6 is 39.1 Å². The Labute approximate surface area is 235 Å². The van der Waals surface area contributed by atoms with Crippen LogP contribution in [0.25, 0.3) is 10.9 Å². The van der Waals surface area contributed by atoms with Gasteiger partial charge in [-0.1, -0.05) is 49.1 Å². The van der Waals surface area contributed by atoms with Gasteiger partial charge in [-0.05, 0) is 59.4 Å². The van der Waals surface area contributed by atoms with Crippen LogP contribution in [-0.4, -0.2) is 66.1 Å². The van der Waals surface area contributed by atoms with E-state index >= 15 is 0 Å². The fourth-order valence-corrected chi connectivity index (χ4v) is 5.98. The van der Waals surface area contributed by atoms with Crippen molar-refractivity contribution in [3.8, 4) is 0 Å². The van der Waals surface area contributed by atoms with E-state index in [0.717, 1.165) is 6.21 Å². The predicted octanol–water partition coefficient (Wildman–Crippen LogP) is 7.59. The van der Waals surface area contributed by atoms with Crippen LogP contribution in [0.1, 0.15) is 45.6 Å². The average Bonchev–Trinajstić information content (AvgIpc) is 2.80. The van der Waals surface area contributed by atoms with Crippen molar-refractivity contribution in [2.45, 2.75) is 70.2 Å². The maximum atomic E-state index is 15.0. The number of carbonyl (C=O) groups is 1. The second kappa shape index (κ2) is 11.6. The summed E-state index contributed by atoms with van der Waals surface area (Å²) in [7, 11) is -1.98. The van der Waals surface area contributed by atoms with Crippen molar-refractivity contribution in [3.05, 3.63) is 32.1 Å². The van der Waals surface area contributed by atoms with Crippen molar-refractivity contribution in [1.29, 1.82) is 0 Å². The van der Waals surface area contributed by atoms with E-state index in [4.69, 9.17) is 27.6 Å². The molecule has 0 radical (unpaired) electrons. The van der Waals surface area contributed by atoms with Crippen molar-refractivity contribution in [2.24, 2.45) is 5.16 Å². The van der Waals surface area contributed by atoms with Crippen LogP contribution < -0.4 is 5.32 Å². The Balaban J connectivity index is 1.91. The monoisotopic (exact) mass is 636 g/mol. The number of benzene rings is 1. The van der Waals surface area contributed by atoms with Crippen LogP contribution in [0.4, 0.5) is 14.9 Å². The van der Waals surface area contributed by atoms with Gasteiger partial charge >= 0.3 is 6.09 Å². The highest BCUT2D eigenvalue weighted by molar-refractivity contribution is 9.10. The number of piperidine rings is 1. The summed E-state index contributed by atoms with van der Waals surface area (Å²) in [5.41, 5.74) is 0.681. The molecule has 0 bridgehead atoms. The lowest BCUT2D eigenvalue weighted by Gasteiger charge is -2.40. The summed E-state index contributed by atoms with van der Waals surface area (Å²) in [5, 5.41) is 26.0. The van der Waals surface area contributed by atoms with Crippen molar-refractivity contribution >= 4 is 76.3 Å². The van der Waals surface area contributed by atoms with Gasteiger partial charge in [-0.3, -0.25) is 0 Å². The van der Waals surface area contributed by atoms with E-state index < -0.39 is 20.2 Å². The number of halogens is 4. The molecule has 0 unspecified atom stereocenters. The summed E-state index contributed by atoms with van der Waals surface area (Å²) >= 11 is 15.7. The number of likely N-dealkylation sites (tertiary alicyclic amines) is 1. The molecule has 1 aliphatic heterocycles. The third kappa shape index (κ3) is 6.50. The first kappa shape index (κ1) is 29.9. The molecule has 13 heteroatoms. The van der Waals surface area contributed by atoms with Crippen molar-refractivity contribution in [3.63, 3.8) is 0 Å². The van der Waals surface area contributed by atoms with Gasteiger partial charge in [0.25, 0.3) is 0 Å². The minimum Gasteiger partial charge on any atom is -0.465 e. The molecule has 1 fully saturated rings.